The molecule has 0 aliphatic carbocycles. The summed E-state index contributed by atoms with van der Waals surface area (Å²) in [6, 6.07) is 7.40. The number of aromatic nitrogens is 2. The smallest absolute Gasteiger partial charge is 0.248 e. The topological polar surface area (TPSA) is 48.2 Å². The van der Waals surface area contributed by atoms with Gasteiger partial charge >= 0.3 is 0 Å². The average Bonchev–Trinajstić information content (AvgIpc) is 2.78. The molecule has 1 aromatic heterocycles. The molecule has 76 valence electrons. The van der Waals surface area contributed by atoms with Crippen LogP contribution >= 0.6 is 0 Å². The van der Waals surface area contributed by atoms with Crippen LogP contribution < -0.4 is 4.74 Å². The van der Waals surface area contributed by atoms with Crippen molar-refractivity contribution in [3.63, 3.8) is 0 Å². The first-order valence-electron chi connectivity index (χ1n) is 4.44. The number of hydrogen-bond donors (Lipinski definition) is 0. The molecule has 0 atom stereocenters. The van der Waals surface area contributed by atoms with Crippen LogP contribution in [0.4, 0.5) is 0 Å². The van der Waals surface area contributed by atoms with E-state index in [4.69, 9.17) is 9.15 Å². The highest BCUT2D eigenvalue weighted by Gasteiger charge is 2.05. The zero-order chi connectivity index (χ0) is 10.7. The summed E-state index contributed by atoms with van der Waals surface area (Å²) in [5, 5.41) is 7.67. The van der Waals surface area contributed by atoms with Gasteiger partial charge in [-0.3, -0.25) is 0 Å². The molecule has 4 heteroatoms. The van der Waals surface area contributed by atoms with E-state index in [-0.39, 0.29) is 0 Å². The molecular formula is C11H10N2O2. The Morgan fingerprint density at radius 3 is 2.53 bits per heavy atom. The van der Waals surface area contributed by atoms with Crippen LogP contribution in [0.3, 0.4) is 0 Å². The third kappa shape index (κ3) is 1.88. The highest BCUT2D eigenvalue weighted by Crippen LogP contribution is 2.21. The van der Waals surface area contributed by atoms with Crippen LogP contribution in [0.25, 0.3) is 17.5 Å². The van der Waals surface area contributed by atoms with Crippen molar-refractivity contribution in [2.24, 2.45) is 0 Å². The number of methoxy groups -OCH3 is 1. The highest BCUT2D eigenvalue weighted by atomic mass is 16.5. The summed E-state index contributed by atoms with van der Waals surface area (Å²) in [6.07, 6.45) is 1.51. The molecule has 1 heterocycles. The molecule has 2 aromatic rings. The molecule has 0 saturated carbocycles. The van der Waals surface area contributed by atoms with E-state index in [2.05, 4.69) is 16.8 Å². The number of rotatable bonds is 3. The van der Waals surface area contributed by atoms with Gasteiger partial charge in [-0.1, -0.05) is 6.58 Å². The van der Waals surface area contributed by atoms with Crippen LogP contribution in [0.2, 0.25) is 0 Å². The fraction of sp³-hybridized carbons (Fsp3) is 0.0909. The summed E-state index contributed by atoms with van der Waals surface area (Å²) in [4.78, 5) is 0. The van der Waals surface area contributed by atoms with Gasteiger partial charge in [-0.25, -0.2) is 0 Å². The average molecular weight is 202 g/mol. The highest BCUT2D eigenvalue weighted by molar-refractivity contribution is 5.54. The van der Waals surface area contributed by atoms with Crippen molar-refractivity contribution >= 4 is 6.08 Å². The lowest BCUT2D eigenvalue weighted by Crippen LogP contribution is -1.82. The Morgan fingerprint density at radius 1 is 1.27 bits per heavy atom. The van der Waals surface area contributed by atoms with E-state index in [1.807, 2.05) is 24.3 Å². The standard InChI is InChI=1S/C11H10N2O2/c1-3-10-12-13-11(15-10)8-4-6-9(14-2)7-5-8/h3-7H,1H2,2H3. The van der Waals surface area contributed by atoms with Gasteiger partial charge in [0, 0.05) is 5.56 Å². The van der Waals surface area contributed by atoms with Gasteiger partial charge in [0.05, 0.1) is 7.11 Å². The predicted octanol–water partition coefficient (Wildman–Crippen LogP) is 2.39. The Morgan fingerprint density at radius 2 is 2.00 bits per heavy atom. The van der Waals surface area contributed by atoms with Crippen molar-refractivity contribution in [1.82, 2.24) is 10.2 Å². The number of nitrogens with zero attached hydrogens (tertiary/aromatic N) is 2. The summed E-state index contributed by atoms with van der Waals surface area (Å²) in [6.45, 7) is 3.55. The second-order valence-electron chi connectivity index (χ2n) is 2.88. The van der Waals surface area contributed by atoms with Crippen molar-refractivity contribution in [2.45, 2.75) is 0 Å². The van der Waals surface area contributed by atoms with Gasteiger partial charge in [0.2, 0.25) is 11.8 Å². The normalized spacial score (nSPS) is 9.93. The second kappa shape index (κ2) is 3.96. The van der Waals surface area contributed by atoms with Crippen molar-refractivity contribution in [2.75, 3.05) is 7.11 Å². The third-order valence-electron chi connectivity index (χ3n) is 1.95. The van der Waals surface area contributed by atoms with E-state index in [9.17, 15) is 0 Å². The molecule has 4 nitrogen and oxygen atoms in total. The molecule has 0 spiro atoms. The van der Waals surface area contributed by atoms with Crippen LogP contribution in [0.15, 0.2) is 35.3 Å². The van der Waals surface area contributed by atoms with Crippen LogP contribution in [0.5, 0.6) is 5.75 Å². The lowest BCUT2D eigenvalue weighted by Gasteiger charge is -1.98. The SMILES string of the molecule is C=Cc1nnc(-c2ccc(OC)cc2)o1. The predicted molar refractivity (Wildman–Crippen MR) is 56.4 cm³/mol. The Bertz CT molecular complexity index is 460. The molecular weight excluding hydrogens is 192 g/mol. The molecule has 0 bridgehead atoms. The number of ether oxygens (including phenoxy) is 1. The fourth-order valence-corrected chi connectivity index (χ4v) is 1.17. The second-order valence-corrected chi connectivity index (χ2v) is 2.88. The molecule has 0 unspecified atom stereocenters. The van der Waals surface area contributed by atoms with E-state index < -0.39 is 0 Å². The van der Waals surface area contributed by atoms with Gasteiger partial charge in [0.1, 0.15) is 5.75 Å². The van der Waals surface area contributed by atoms with Crippen molar-refractivity contribution in [3.05, 3.63) is 36.7 Å². The van der Waals surface area contributed by atoms with Gasteiger partial charge in [-0.2, -0.15) is 0 Å². The first kappa shape index (κ1) is 9.45. The first-order valence-corrected chi connectivity index (χ1v) is 4.44. The Hall–Kier alpha value is -2.10. The molecule has 0 N–H and O–H groups in total. The summed E-state index contributed by atoms with van der Waals surface area (Å²) in [5.74, 6) is 1.69. The van der Waals surface area contributed by atoms with E-state index in [0.29, 0.717) is 11.8 Å². The van der Waals surface area contributed by atoms with Crippen LogP contribution in [0, 0.1) is 0 Å². The zero-order valence-electron chi connectivity index (χ0n) is 8.30. The van der Waals surface area contributed by atoms with Gasteiger partial charge < -0.3 is 9.15 Å². The number of hydrogen-bond acceptors (Lipinski definition) is 4. The fourth-order valence-electron chi connectivity index (χ4n) is 1.17. The maximum absolute atomic E-state index is 5.31. The summed E-state index contributed by atoms with van der Waals surface area (Å²) < 4.78 is 10.4. The monoisotopic (exact) mass is 202 g/mol. The Labute approximate surface area is 87.2 Å². The molecule has 15 heavy (non-hydrogen) atoms. The van der Waals surface area contributed by atoms with Gasteiger partial charge in [0.15, 0.2) is 0 Å². The van der Waals surface area contributed by atoms with Gasteiger partial charge in [-0.05, 0) is 30.3 Å². The Balaban J connectivity index is 2.32. The quantitative estimate of drug-likeness (QED) is 0.766. The molecule has 0 aliphatic heterocycles. The lowest BCUT2D eigenvalue weighted by atomic mass is 10.2. The summed E-state index contributed by atoms with van der Waals surface area (Å²) in [7, 11) is 1.62. The molecule has 1 aromatic carbocycles. The minimum atomic E-state index is 0.417. The van der Waals surface area contributed by atoms with Gasteiger partial charge in [-0.15, -0.1) is 10.2 Å². The molecule has 0 saturated heterocycles. The maximum atomic E-state index is 5.31. The summed E-state index contributed by atoms with van der Waals surface area (Å²) >= 11 is 0. The molecule has 0 radical (unpaired) electrons. The van der Waals surface area contributed by atoms with E-state index in [1.165, 1.54) is 6.08 Å². The third-order valence-corrected chi connectivity index (χ3v) is 1.95. The van der Waals surface area contributed by atoms with Crippen LogP contribution in [0.1, 0.15) is 5.89 Å². The van der Waals surface area contributed by atoms with Crippen molar-refractivity contribution in [1.29, 1.82) is 0 Å². The first-order chi connectivity index (χ1) is 7.33. The van der Waals surface area contributed by atoms with Crippen molar-refractivity contribution < 1.29 is 9.15 Å². The number of benzene rings is 1. The van der Waals surface area contributed by atoms with E-state index in [1.54, 1.807) is 7.11 Å². The molecule has 0 aliphatic rings. The van der Waals surface area contributed by atoms with Gasteiger partial charge in [0.25, 0.3) is 0 Å². The van der Waals surface area contributed by atoms with Crippen LogP contribution in [-0.4, -0.2) is 17.3 Å². The molecule has 2 rings (SSSR count). The van der Waals surface area contributed by atoms with Crippen LogP contribution in [-0.2, 0) is 0 Å². The molecule has 0 fully saturated rings. The zero-order valence-corrected chi connectivity index (χ0v) is 8.30. The van der Waals surface area contributed by atoms with E-state index in [0.717, 1.165) is 11.3 Å². The largest absolute Gasteiger partial charge is 0.497 e. The Kier molecular flexibility index (Phi) is 2.49. The minimum absolute atomic E-state index is 0.417. The maximum Gasteiger partial charge on any atom is 0.248 e. The molecule has 0 amide bonds. The lowest BCUT2D eigenvalue weighted by molar-refractivity contribution is 0.415. The van der Waals surface area contributed by atoms with E-state index >= 15 is 0 Å². The van der Waals surface area contributed by atoms with Crippen molar-refractivity contribution in [3.8, 4) is 17.2 Å². The minimum Gasteiger partial charge on any atom is -0.497 e. The summed E-state index contributed by atoms with van der Waals surface area (Å²) in [5.41, 5.74) is 0.858.